The molecule has 7 nitrogen and oxygen atoms in total. The largest absolute Gasteiger partial charge is 0.478 e. The van der Waals surface area contributed by atoms with E-state index in [1.165, 1.54) is 0 Å². The molecule has 1 heterocycles. The van der Waals surface area contributed by atoms with Crippen molar-refractivity contribution in [3.8, 4) is 5.75 Å². The molecule has 0 saturated carbocycles. The molecule has 1 fully saturated rings. The van der Waals surface area contributed by atoms with Crippen molar-refractivity contribution in [3.63, 3.8) is 0 Å². The normalized spacial score (nSPS) is 13.7. The number of amides is 3. The van der Waals surface area contributed by atoms with Crippen LogP contribution in [0.5, 0.6) is 5.75 Å². The van der Waals surface area contributed by atoms with Gasteiger partial charge in [0.2, 0.25) is 0 Å². The van der Waals surface area contributed by atoms with Gasteiger partial charge >= 0.3 is 0 Å². The van der Waals surface area contributed by atoms with E-state index < -0.39 is 5.60 Å². The molecule has 0 spiro atoms. The summed E-state index contributed by atoms with van der Waals surface area (Å²) in [5, 5.41) is 3.49. The predicted molar refractivity (Wildman–Crippen MR) is 148 cm³/mol. The highest BCUT2D eigenvalue weighted by Crippen LogP contribution is 2.22. The number of nitrogens with zero attached hydrogens (tertiary/aromatic N) is 2. The van der Waals surface area contributed by atoms with Crippen LogP contribution >= 0.6 is 11.6 Å². The van der Waals surface area contributed by atoms with Crippen LogP contribution in [0.3, 0.4) is 0 Å². The molecule has 0 atom stereocenters. The fourth-order valence-corrected chi connectivity index (χ4v) is 4.47. The van der Waals surface area contributed by atoms with E-state index in [2.05, 4.69) is 5.32 Å². The topological polar surface area (TPSA) is 79.0 Å². The first-order valence-electron chi connectivity index (χ1n) is 12.7. The number of rotatable bonds is 8. The second-order valence-electron chi connectivity index (χ2n) is 9.72. The molecule has 1 aliphatic rings. The summed E-state index contributed by atoms with van der Waals surface area (Å²) in [4.78, 5) is 41.7. The zero-order valence-corrected chi connectivity index (χ0v) is 22.4. The van der Waals surface area contributed by atoms with Gasteiger partial charge < -0.3 is 19.9 Å². The molecular formula is C30H32ClN3O4. The lowest BCUT2D eigenvalue weighted by Crippen LogP contribution is -2.56. The third-order valence-electron chi connectivity index (χ3n) is 6.49. The van der Waals surface area contributed by atoms with Gasteiger partial charge in [-0.15, -0.1) is 0 Å². The highest BCUT2D eigenvalue weighted by Gasteiger charge is 2.36. The van der Waals surface area contributed by atoms with Crippen molar-refractivity contribution in [2.45, 2.75) is 25.9 Å². The van der Waals surface area contributed by atoms with Crippen LogP contribution in [0, 0.1) is 0 Å². The molecule has 1 N–H and O–H groups in total. The Bertz CT molecular complexity index is 1250. The van der Waals surface area contributed by atoms with Gasteiger partial charge in [0.15, 0.2) is 5.60 Å². The molecule has 3 amide bonds. The number of hydrogen-bond acceptors (Lipinski definition) is 4. The molecular weight excluding hydrogens is 502 g/mol. The van der Waals surface area contributed by atoms with E-state index in [-0.39, 0.29) is 17.7 Å². The Kier molecular flexibility index (Phi) is 8.69. The lowest BCUT2D eigenvalue weighted by atomic mass is 10.1. The number of nitrogens with one attached hydrogen (secondary N) is 1. The number of benzene rings is 3. The Morgan fingerprint density at radius 1 is 0.816 bits per heavy atom. The van der Waals surface area contributed by atoms with Crippen molar-refractivity contribution < 1.29 is 19.1 Å². The minimum Gasteiger partial charge on any atom is -0.478 e. The average molecular weight is 534 g/mol. The van der Waals surface area contributed by atoms with Crippen LogP contribution in [0.15, 0.2) is 78.9 Å². The molecule has 0 aliphatic carbocycles. The van der Waals surface area contributed by atoms with E-state index in [0.717, 1.165) is 5.56 Å². The standard InChI is InChI=1S/C30H32ClN3O4/c1-30(2,29(37)34-20-18-33(19-21-34)28(36)24-6-4-3-5-7-24)38-26-14-8-22(9-15-26)16-17-32-27(35)23-10-12-25(31)13-11-23/h3-15H,16-21H2,1-2H3,(H,32,35). The number of carbonyl (C=O) groups excluding carboxylic acids is 3. The van der Waals surface area contributed by atoms with Gasteiger partial charge in [-0.05, 0) is 74.4 Å². The molecule has 3 aromatic rings. The predicted octanol–water partition coefficient (Wildman–Crippen LogP) is 4.45. The number of piperazine rings is 1. The van der Waals surface area contributed by atoms with Crippen molar-refractivity contribution >= 4 is 29.3 Å². The Hall–Kier alpha value is -3.84. The number of hydrogen-bond donors (Lipinski definition) is 1. The van der Waals surface area contributed by atoms with E-state index >= 15 is 0 Å². The summed E-state index contributed by atoms with van der Waals surface area (Å²) in [6.07, 6.45) is 0.661. The number of halogens is 1. The summed E-state index contributed by atoms with van der Waals surface area (Å²) in [7, 11) is 0. The molecule has 4 rings (SSSR count). The molecule has 38 heavy (non-hydrogen) atoms. The average Bonchev–Trinajstić information content (AvgIpc) is 2.94. The maximum absolute atomic E-state index is 13.2. The van der Waals surface area contributed by atoms with Gasteiger partial charge in [0, 0.05) is 48.9 Å². The van der Waals surface area contributed by atoms with E-state index in [0.29, 0.717) is 61.0 Å². The highest BCUT2D eigenvalue weighted by atomic mass is 35.5. The summed E-state index contributed by atoms with van der Waals surface area (Å²) in [6.45, 7) is 5.91. The second kappa shape index (κ2) is 12.1. The SMILES string of the molecule is CC(C)(Oc1ccc(CCNC(=O)c2ccc(Cl)cc2)cc1)C(=O)N1CCN(C(=O)c2ccccc2)CC1. The Labute approximate surface area is 228 Å². The van der Waals surface area contributed by atoms with Crippen LogP contribution in [0.4, 0.5) is 0 Å². The summed E-state index contributed by atoms with van der Waals surface area (Å²) < 4.78 is 6.07. The number of ether oxygens (including phenoxy) is 1. The quantitative estimate of drug-likeness (QED) is 0.464. The Balaban J connectivity index is 1.24. The van der Waals surface area contributed by atoms with Gasteiger partial charge in [-0.2, -0.15) is 0 Å². The molecule has 0 radical (unpaired) electrons. The lowest BCUT2D eigenvalue weighted by molar-refractivity contribution is -0.147. The molecule has 0 unspecified atom stereocenters. The van der Waals surface area contributed by atoms with Crippen molar-refractivity contribution in [2.75, 3.05) is 32.7 Å². The van der Waals surface area contributed by atoms with Crippen LogP contribution in [0.2, 0.25) is 5.02 Å². The van der Waals surface area contributed by atoms with Gasteiger partial charge in [-0.1, -0.05) is 41.9 Å². The van der Waals surface area contributed by atoms with Crippen LogP contribution in [0.1, 0.15) is 40.1 Å². The maximum Gasteiger partial charge on any atom is 0.266 e. The van der Waals surface area contributed by atoms with Crippen LogP contribution in [-0.2, 0) is 11.2 Å². The van der Waals surface area contributed by atoms with Gasteiger partial charge in [0.05, 0.1) is 0 Å². The Morgan fingerprint density at radius 3 is 2.05 bits per heavy atom. The second-order valence-corrected chi connectivity index (χ2v) is 10.2. The van der Waals surface area contributed by atoms with E-state index in [1.807, 2.05) is 42.5 Å². The van der Waals surface area contributed by atoms with Crippen LogP contribution in [0.25, 0.3) is 0 Å². The minimum absolute atomic E-state index is 0.0159. The summed E-state index contributed by atoms with van der Waals surface area (Å²) in [5.41, 5.74) is 1.20. The lowest BCUT2D eigenvalue weighted by Gasteiger charge is -2.38. The molecule has 1 saturated heterocycles. The monoisotopic (exact) mass is 533 g/mol. The van der Waals surface area contributed by atoms with Crippen LogP contribution in [-0.4, -0.2) is 65.8 Å². The first kappa shape index (κ1) is 27.2. The maximum atomic E-state index is 13.2. The van der Waals surface area contributed by atoms with E-state index in [4.69, 9.17) is 16.3 Å². The van der Waals surface area contributed by atoms with E-state index in [1.54, 1.807) is 60.0 Å². The van der Waals surface area contributed by atoms with Gasteiger partial charge in [-0.25, -0.2) is 0 Å². The molecule has 3 aromatic carbocycles. The molecule has 0 bridgehead atoms. The van der Waals surface area contributed by atoms with Gasteiger partial charge in [0.1, 0.15) is 5.75 Å². The highest BCUT2D eigenvalue weighted by molar-refractivity contribution is 6.30. The first-order chi connectivity index (χ1) is 18.2. The van der Waals surface area contributed by atoms with Gasteiger partial charge in [0.25, 0.3) is 17.7 Å². The fourth-order valence-electron chi connectivity index (χ4n) is 4.34. The smallest absolute Gasteiger partial charge is 0.266 e. The zero-order valence-electron chi connectivity index (χ0n) is 21.7. The molecule has 0 aromatic heterocycles. The van der Waals surface area contributed by atoms with Crippen LogP contribution < -0.4 is 10.1 Å². The number of carbonyl (C=O) groups is 3. The first-order valence-corrected chi connectivity index (χ1v) is 13.1. The summed E-state index contributed by atoms with van der Waals surface area (Å²) in [6, 6.07) is 23.5. The molecule has 198 valence electrons. The van der Waals surface area contributed by atoms with Crippen molar-refractivity contribution in [1.29, 1.82) is 0 Å². The van der Waals surface area contributed by atoms with Gasteiger partial charge in [-0.3, -0.25) is 14.4 Å². The van der Waals surface area contributed by atoms with Crippen molar-refractivity contribution in [1.82, 2.24) is 15.1 Å². The fraction of sp³-hybridized carbons (Fsp3) is 0.300. The summed E-state index contributed by atoms with van der Waals surface area (Å²) in [5.74, 6) is 0.318. The Morgan fingerprint density at radius 2 is 1.42 bits per heavy atom. The third-order valence-corrected chi connectivity index (χ3v) is 6.74. The van der Waals surface area contributed by atoms with Crippen molar-refractivity contribution in [2.24, 2.45) is 0 Å². The minimum atomic E-state index is -1.06. The van der Waals surface area contributed by atoms with Crippen molar-refractivity contribution in [3.05, 3.63) is 101 Å². The van der Waals surface area contributed by atoms with E-state index in [9.17, 15) is 14.4 Å². The zero-order chi connectivity index (χ0) is 27.1. The molecule has 1 aliphatic heterocycles. The summed E-state index contributed by atoms with van der Waals surface area (Å²) >= 11 is 5.87. The molecule has 8 heteroatoms. The third kappa shape index (κ3) is 6.92.